The average Bonchev–Trinajstić information content (AvgIpc) is 2.48. The van der Waals surface area contributed by atoms with Crippen molar-refractivity contribution in [2.45, 2.75) is 25.6 Å². The van der Waals surface area contributed by atoms with E-state index >= 15 is 0 Å². The highest BCUT2D eigenvalue weighted by Crippen LogP contribution is 2.24. The van der Waals surface area contributed by atoms with Crippen molar-refractivity contribution < 1.29 is 18.0 Å². The van der Waals surface area contributed by atoms with Crippen LogP contribution in [0.25, 0.3) is 0 Å². The number of alkyl halides is 3. The predicted octanol–water partition coefficient (Wildman–Crippen LogP) is 3.90. The van der Waals surface area contributed by atoms with Crippen LogP contribution in [0.1, 0.15) is 21.5 Å². The van der Waals surface area contributed by atoms with Crippen LogP contribution in [0.2, 0.25) is 0 Å². The maximum absolute atomic E-state index is 13.1. The Balaban J connectivity index is 2.13. The minimum atomic E-state index is -4.50. The number of hydrogen-bond donors (Lipinski definition) is 1. The maximum atomic E-state index is 13.1. The van der Waals surface area contributed by atoms with Gasteiger partial charge in [-0.3, -0.25) is 4.79 Å². The van der Waals surface area contributed by atoms with Gasteiger partial charge in [0.1, 0.15) is 6.04 Å². The van der Waals surface area contributed by atoms with E-state index in [-0.39, 0.29) is 12.0 Å². The number of amides is 1. The van der Waals surface area contributed by atoms with Crippen LogP contribution in [-0.2, 0) is 6.42 Å². The third-order valence-electron chi connectivity index (χ3n) is 3.30. The Morgan fingerprint density at radius 3 is 2.18 bits per heavy atom. The molecule has 0 bridgehead atoms. The van der Waals surface area contributed by atoms with Crippen molar-refractivity contribution in [1.82, 2.24) is 5.32 Å². The van der Waals surface area contributed by atoms with Crippen LogP contribution in [0.5, 0.6) is 0 Å². The summed E-state index contributed by atoms with van der Waals surface area (Å²) in [6.45, 7) is 1.86. The van der Waals surface area contributed by atoms with Crippen LogP contribution in [0, 0.1) is 6.92 Å². The summed E-state index contributed by atoms with van der Waals surface area (Å²) in [5.41, 5.74) is 1.71. The minimum absolute atomic E-state index is 0.209. The first kappa shape index (κ1) is 16.1. The zero-order chi connectivity index (χ0) is 16.2. The molecule has 0 fully saturated rings. The molecule has 2 nitrogen and oxygen atoms in total. The predicted molar refractivity (Wildman–Crippen MR) is 78.6 cm³/mol. The molecule has 2 aromatic rings. The van der Waals surface area contributed by atoms with Crippen molar-refractivity contribution in [3.8, 4) is 0 Å². The lowest BCUT2D eigenvalue weighted by molar-refractivity contribution is -0.153. The molecule has 1 N–H and O–H groups in total. The molecule has 5 heteroatoms. The molecule has 0 unspecified atom stereocenters. The molecular weight excluding hydrogens is 291 g/mol. The second-order valence-electron chi connectivity index (χ2n) is 5.12. The number of carbonyl (C=O) groups excluding carboxylic acids is 1. The van der Waals surface area contributed by atoms with Gasteiger partial charge in [-0.2, -0.15) is 13.2 Å². The molecule has 0 aliphatic heterocycles. The largest absolute Gasteiger partial charge is 0.408 e. The summed E-state index contributed by atoms with van der Waals surface area (Å²) >= 11 is 0. The van der Waals surface area contributed by atoms with Crippen molar-refractivity contribution in [3.63, 3.8) is 0 Å². The number of halogens is 3. The highest BCUT2D eigenvalue weighted by atomic mass is 19.4. The molecule has 0 aromatic heterocycles. The average molecular weight is 307 g/mol. The molecule has 2 rings (SSSR count). The maximum Gasteiger partial charge on any atom is 0.408 e. The van der Waals surface area contributed by atoms with Gasteiger partial charge in [0.2, 0.25) is 0 Å². The van der Waals surface area contributed by atoms with Gasteiger partial charge in [0.15, 0.2) is 0 Å². The lowest BCUT2D eigenvalue weighted by Crippen LogP contribution is -2.46. The van der Waals surface area contributed by atoms with E-state index < -0.39 is 18.1 Å². The molecule has 22 heavy (non-hydrogen) atoms. The topological polar surface area (TPSA) is 29.1 Å². The van der Waals surface area contributed by atoms with Gasteiger partial charge in [-0.05, 0) is 24.6 Å². The summed E-state index contributed by atoms with van der Waals surface area (Å²) < 4.78 is 39.4. The molecule has 1 atom stereocenters. The van der Waals surface area contributed by atoms with Crippen LogP contribution in [0.15, 0.2) is 54.6 Å². The Bertz CT molecular complexity index is 621. The van der Waals surface area contributed by atoms with Gasteiger partial charge in [-0.25, -0.2) is 0 Å². The number of rotatable bonds is 4. The zero-order valence-corrected chi connectivity index (χ0v) is 12.0. The van der Waals surface area contributed by atoms with Gasteiger partial charge in [-0.15, -0.1) is 0 Å². The van der Waals surface area contributed by atoms with E-state index in [1.54, 1.807) is 42.5 Å². The van der Waals surface area contributed by atoms with E-state index in [2.05, 4.69) is 5.32 Å². The summed E-state index contributed by atoms with van der Waals surface area (Å²) in [6, 6.07) is 12.8. The number of carbonyl (C=O) groups is 1. The third-order valence-corrected chi connectivity index (χ3v) is 3.30. The van der Waals surface area contributed by atoms with Crippen LogP contribution < -0.4 is 5.32 Å². The Morgan fingerprint density at radius 1 is 1.05 bits per heavy atom. The van der Waals surface area contributed by atoms with E-state index in [1.165, 1.54) is 12.1 Å². The Morgan fingerprint density at radius 2 is 1.64 bits per heavy atom. The molecule has 0 radical (unpaired) electrons. The monoisotopic (exact) mass is 307 g/mol. The highest BCUT2D eigenvalue weighted by Gasteiger charge is 2.40. The summed E-state index contributed by atoms with van der Waals surface area (Å²) in [6.07, 6.45) is -4.79. The van der Waals surface area contributed by atoms with E-state index in [9.17, 15) is 18.0 Å². The third kappa shape index (κ3) is 4.35. The second-order valence-corrected chi connectivity index (χ2v) is 5.12. The van der Waals surface area contributed by atoms with Crippen molar-refractivity contribution in [2.24, 2.45) is 0 Å². The van der Waals surface area contributed by atoms with Crippen LogP contribution >= 0.6 is 0 Å². The van der Waals surface area contributed by atoms with E-state index in [0.29, 0.717) is 5.56 Å². The molecule has 116 valence electrons. The van der Waals surface area contributed by atoms with Gasteiger partial charge in [0, 0.05) is 12.0 Å². The first-order valence-corrected chi connectivity index (χ1v) is 6.84. The fourth-order valence-electron chi connectivity index (χ4n) is 2.04. The fourth-order valence-corrected chi connectivity index (χ4v) is 2.04. The van der Waals surface area contributed by atoms with Crippen molar-refractivity contribution in [2.75, 3.05) is 0 Å². The Kier molecular flexibility index (Phi) is 4.85. The molecule has 0 aliphatic rings. The lowest BCUT2D eigenvalue weighted by atomic mass is 10.0. The molecular formula is C17H16F3NO. The zero-order valence-electron chi connectivity index (χ0n) is 12.0. The van der Waals surface area contributed by atoms with Crippen molar-refractivity contribution in [1.29, 1.82) is 0 Å². The van der Waals surface area contributed by atoms with Crippen LogP contribution in [-0.4, -0.2) is 18.1 Å². The fraction of sp³-hybridized carbons (Fsp3) is 0.235. The van der Waals surface area contributed by atoms with E-state index in [4.69, 9.17) is 0 Å². The lowest BCUT2D eigenvalue weighted by Gasteiger charge is -2.22. The van der Waals surface area contributed by atoms with Crippen LogP contribution in [0.4, 0.5) is 13.2 Å². The van der Waals surface area contributed by atoms with Gasteiger partial charge < -0.3 is 5.32 Å². The van der Waals surface area contributed by atoms with Gasteiger partial charge in [0.25, 0.3) is 5.91 Å². The summed E-state index contributed by atoms with van der Waals surface area (Å²) in [4.78, 5) is 11.9. The number of nitrogens with one attached hydrogen (secondary N) is 1. The number of hydrogen-bond acceptors (Lipinski definition) is 1. The Labute approximate surface area is 127 Å². The first-order valence-electron chi connectivity index (χ1n) is 6.84. The van der Waals surface area contributed by atoms with E-state index in [0.717, 1.165) is 5.56 Å². The minimum Gasteiger partial charge on any atom is -0.340 e. The summed E-state index contributed by atoms with van der Waals surface area (Å²) in [5, 5.41) is 2.07. The highest BCUT2D eigenvalue weighted by molar-refractivity contribution is 5.94. The second kappa shape index (κ2) is 6.64. The molecule has 0 heterocycles. The molecule has 2 aromatic carbocycles. The standard InChI is InChI=1S/C17H16F3NO/c1-12-7-9-13(10-8-12)11-15(17(18,19)20)21-16(22)14-5-3-2-4-6-14/h2-10,15H,11H2,1H3,(H,21,22)/t15-/m1/s1. The quantitative estimate of drug-likeness (QED) is 0.912. The van der Waals surface area contributed by atoms with Crippen molar-refractivity contribution in [3.05, 3.63) is 71.3 Å². The smallest absolute Gasteiger partial charge is 0.340 e. The normalized spacial score (nSPS) is 12.7. The number of aryl methyl sites for hydroxylation is 1. The molecule has 1 amide bonds. The van der Waals surface area contributed by atoms with Gasteiger partial charge in [-0.1, -0.05) is 48.0 Å². The first-order chi connectivity index (χ1) is 10.4. The van der Waals surface area contributed by atoms with E-state index in [1.807, 2.05) is 6.92 Å². The van der Waals surface area contributed by atoms with Gasteiger partial charge >= 0.3 is 6.18 Å². The Hall–Kier alpha value is -2.30. The summed E-state index contributed by atoms with van der Waals surface area (Å²) in [5.74, 6) is -0.727. The number of benzene rings is 2. The molecule has 0 spiro atoms. The summed E-state index contributed by atoms with van der Waals surface area (Å²) in [7, 11) is 0. The van der Waals surface area contributed by atoms with Crippen LogP contribution in [0.3, 0.4) is 0 Å². The van der Waals surface area contributed by atoms with Gasteiger partial charge in [0.05, 0.1) is 0 Å². The SMILES string of the molecule is Cc1ccc(C[C@@H](NC(=O)c2ccccc2)C(F)(F)F)cc1. The molecule has 0 aliphatic carbocycles. The molecule has 0 saturated carbocycles. The molecule has 0 saturated heterocycles. The van der Waals surface area contributed by atoms with Crippen molar-refractivity contribution >= 4 is 5.91 Å².